The Kier molecular flexibility index (Phi) is 4.86. The maximum Gasteiger partial charge on any atom is 0.281 e. The van der Waals surface area contributed by atoms with Gasteiger partial charge in [-0.15, -0.1) is 0 Å². The third-order valence-corrected chi connectivity index (χ3v) is 3.93. The number of thioether (sulfide) groups is 1. The fourth-order valence-electron chi connectivity index (χ4n) is 1.97. The zero-order valence-electron chi connectivity index (χ0n) is 9.97. The summed E-state index contributed by atoms with van der Waals surface area (Å²) in [5, 5.41) is 0.218. The Morgan fingerprint density at radius 1 is 1.29 bits per heavy atom. The Bertz CT molecular complexity index is 348. The summed E-state index contributed by atoms with van der Waals surface area (Å²) in [6.45, 7) is 1.86. The minimum atomic E-state index is 0.218. The molecule has 1 amide bonds. The first kappa shape index (κ1) is 12.4. The summed E-state index contributed by atoms with van der Waals surface area (Å²) in [7, 11) is 0. The largest absolute Gasteiger partial charge is 0.334 e. The van der Waals surface area contributed by atoms with Crippen LogP contribution in [-0.2, 0) is 5.75 Å². The molecule has 1 fully saturated rings. The number of carbonyl (C=O) groups excluding carboxylic acids is 1. The molecular formula is C13H18N2OS. The van der Waals surface area contributed by atoms with Crippen LogP contribution in [-0.4, -0.2) is 28.2 Å². The number of aromatic nitrogens is 1. The van der Waals surface area contributed by atoms with E-state index in [1.165, 1.54) is 24.6 Å². The summed E-state index contributed by atoms with van der Waals surface area (Å²) in [6.07, 6.45) is 8.40. The molecule has 0 saturated carbocycles. The molecule has 2 rings (SSSR count). The lowest BCUT2D eigenvalue weighted by molar-refractivity contribution is 0.225. The van der Waals surface area contributed by atoms with E-state index in [-0.39, 0.29) is 5.24 Å². The van der Waals surface area contributed by atoms with Crippen LogP contribution in [0.3, 0.4) is 0 Å². The van der Waals surface area contributed by atoms with Crippen molar-refractivity contribution in [3.63, 3.8) is 0 Å². The van der Waals surface area contributed by atoms with Gasteiger partial charge in [-0.2, -0.15) is 0 Å². The first-order valence-electron chi connectivity index (χ1n) is 6.17. The molecule has 1 aliphatic rings. The summed E-state index contributed by atoms with van der Waals surface area (Å²) in [5.74, 6) is 0.725. The van der Waals surface area contributed by atoms with Crippen LogP contribution in [0.15, 0.2) is 24.5 Å². The predicted octanol–water partition coefficient (Wildman–Crippen LogP) is 3.31. The molecular weight excluding hydrogens is 232 g/mol. The van der Waals surface area contributed by atoms with Crippen molar-refractivity contribution in [2.75, 3.05) is 13.1 Å². The normalized spacial score (nSPS) is 16.6. The first-order valence-corrected chi connectivity index (χ1v) is 7.15. The molecule has 0 spiro atoms. The van der Waals surface area contributed by atoms with Crippen LogP contribution in [0.2, 0.25) is 0 Å². The van der Waals surface area contributed by atoms with Crippen molar-refractivity contribution in [1.82, 2.24) is 9.88 Å². The second-order valence-electron chi connectivity index (χ2n) is 4.32. The molecule has 0 aliphatic carbocycles. The monoisotopic (exact) mass is 250 g/mol. The number of pyridine rings is 1. The second kappa shape index (κ2) is 6.64. The molecule has 92 valence electrons. The van der Waals surface area contributed by atoms with E-state index in [0.29, 0.717) is 0 Å². The van der Waals surface area contributed by atoms with Gasteiger partial charge in [0.15, 0.2) is 0 Å². The van der Waals surface area contributed by atoms with E-state index in [9.17, 15) is 4.79 Å². The molecule has 1 saturated heterocycles. The van der Waals surface area contributed by atoms with Crippen molar-refractivity contribution < 1.29 is 4.79 Å². The molecule has 2 heterocycles. The maximum atomic E-state index is 12.0. The standard InChI is InChI=1S/C13H18N2OS/c16-13(15-8-3-1-2-4-9-15)17-11-12-6-5-7-14-10-12/h5-7,10H,1-4,8-9,11H2. The van der Waals surface area contributed by atoms with Crippen LogP contribution in [0.25, 0.3) is 0 Å². The van der Waals surface area contributed by atoms with Gasteiger partial charge in [-0.3, -0.25) is 9.78 Å². The molecule has 0 bridgehead atoms. The van der Waals surface area contributed by atoms with E-state index in [2.05, 4.69) is 4.98 Å². The zero-order valence-corrected chi connectivity index (χ0v) is 10.8. The minimum Gasteiger partial charge on any atom is -0.334 e. The molecule has 0 radical (unpaired) electrons. The average Bonchev–Trinajstić information content (AvgIpc) is 2.66. The quantitative estimate of drug-likeness (QED) is 0.807. The molecule has 1 aromatic heterocycles. The van der Waals surface area contributed by atoms with Crippen molar-refractivity contribution in [2.24, 2.45) is 0 Å². The van der Waals surface area contributed by atoms with Crippen LogP contribution in [0.1, 0.15) is 31.2 Å². The van der Waals surface area contributed by atoms with E-state index >= 15 is 0 Å². The van der Waals surface area contributed by atoms with Gasteiger partial charge in [-0.1, -0.05) is 30.7 Å². The molecule has 0 unspecified atom stereocenters. The number of likely N-dealkylation sites (tertiary alicyclic amines) is 1. The predicted molar refractivity (Wildman–Crippen MR) is 71.0 cm³/mol. The first-order chi connectivity index (χ1) is 8.36. The summed E-state index contributed by atoms with van der Waals surface area (Å²) in [5.41, 5.74) is 1.11. The van der Waals surface area contributed by atoms with E-state index in [0.717, 1.165) is 37.2 Å². The van der Waals surface area contributed by atoms with Gasteiger partial charge in [-0.05, 0) is 24.5 Å². The van der Waals surface area contributed by atoms with Gasteiger partial charge < -0.3 is 4.90 Å². The Morgan fingerprint density at radius 3 is 2.71 bits per heavy atom. The minimum absolute atomic E-state index is 0.218. The Balaban J connectivity index is 1.80. The molecule has 3 nitrogen and oxygen atoms in total. The van der Waals surface area contributed by atoms with E-state index in [1.807, 2.05) is 23.2 Å². The van der Waals surface area contributed by atoms with Gasteiger partial charge in [-0.25, -0.2) is 0 Å². The summed E-state index contributed by atoms with van der Waals surface area (Å²) >= 11 is 1.39. The number of amides is 1. The number of carbonyl (C=O) groups is 1. The van der Waals surface area contributed by atoms with Gasteiger partial charge in [0.25, 0.3) is 5.24 Å². The SMILES string of the molecule is O=C(SCc1cccnc1)N1CCCCCC1. The highest BCUT2D eigenvalue weighted by atomic mass is 32.2. The van der Waals surface area contributed by atoms with E-state index < -0.39 is 0 Å². The fraction of sp³-hybridized carbons (Fsp3) is 0.538. The average molecular weight is 250 g/mol. The summed E-state index contributed by atoms with van der Waals surface area (Å²) in [6, 6.07) is 3.92. The highest BCUT2D eigenvalue weighted by molar-refractivity contribution is 8.12. The number of rotatable bonds is 2. The third kappa shape index (κ3) is 4.04. The smallest absolute Gasteiger partial charge is 0.281 e. The lowest BCUT2D eigenvalue weighted by Gasteiger charge is -2.19. The Morgan fingerprint density at radius 2 is 2.06 bits per heavy atom. The highest BCUT2D eigenvalue weighted by Gasteiger charge is 2.15. The van der Waals surface area contributed by atoms with Gasteiger partial charge in [0, 0.05) is 31.2 Å². The molecule has 1 aromatic rings. The van der Waals surface area contributed by atoms with Gasteiger partial charge in [0.05, 0.1) is 0 Å². The summed E-state index contributed by atoms with van der Waals surface area (Å²) < 4.78 is 0. The summed E-state index contributed by atoms with van der Waals surface area (Å²) in [4.78, 5) is 18.0. The molecule has 4 heteroatoms. The molecule has 17 heavy (non-hydrogen) atoms. The highest BCUT2D eigenvalue weighted by Crippen LogP contribution is 2.18. The molecule has 0 aromatic carbocycles. The Labute approximate surface area is 107 Å². The van der Waals surface area contributed by atoms with Gasteiger partial charge >= 0.3 is 0 Å². The lowest BCUT2D eigenvalue weighted by Crippen LogP contribution is -2.28. The van der Waals surface area contributed by atoms with Crippen molar-refractivity contribution in [3.8, 4) is 0 Å². The number of hydrogen-bond acceptors (Lipinski definition) is 3. The molecule has 1 aliphatic heterocycles. The topological polar surface area (TPSA) is 33.2 Å². The van der Waals surface area contributed by atoms with E-state index in [4.69, 9.17) is 0 Å². The van der Waals surface area contributed by atoms with Crippen LogP contribution in [0, 0.1) is 0 Å². The van der Waals surface area contributed by atoms with Crippen molar-refractivity contribution in [2.45, 2.75) is 31.4 Å². The van der Waals surface area contributed by atoms with Crippen LogP contribution in [0.4, 0.5) is 4.79 Å². The van der Waals surface area contributed by atoms with Gasteiger partial charge in [0.1, 0.15) is 0 Å². The molecule has 0 atom stereocenters. The van der Waals surface area contributed by atoms with E-state index in [1.54, 1.807) is 6.20 Å². The number of hydrogen-bond donors (Lipinski definition) is 0. The third-order valence-electron chi connectivity index (χ3n) is 2.95. The lowest BCUT2D eigenvalue weighted by atomic mass is 10.2. The van der Waals surface area contributed by atoms with Crippen molar-refractivity contribution in [1.29, 1.82) is 0 Å². The zero-order chi connectivity index (χ0) is 11.9. The van der Waals surface area contributed by atoms with Crippen LogP contribution >= 0.6 is 11.8 Å². The maximum absolute atomic E-state index is 12.0. The molecule has 0 N–H and O–H groups in total. The second-order valence-corrected chi connectivity index (χ2v) is 5.24. The van der Waals surface area contributed by atoms with Crippen molar-refractivity contribution >= 4 is 17.0 Å². The Hall–Kier alpha value is -1.03. The number of nitrogens with zero attached hydrogens (tertiary/aromatic N) is 2. The van der Waals surface area contributed by atoms with Crippen LogP contribution in [0.5, 0.6) is 0 Å². The fourth-order valence-corrected chi connectivity index (χ4v) is 2.80. The van der Waals surface area contributed by atoms with Crippen LogP contribution < -0.4 is 0 Å². The van der Waals surface area contributed by atoms with Crippen molar-refractivity contribution in [3.05, 3.63) is 30.1 Å². The van der Waals surface area contributed by atoms with Gasteiger partial charge in [0.2, 0.25) is 0 Å².